The van der Waals surface area contributed by atoms with Gasteiger partial charge < -0.3 is 14.5 Å². The number of non-ortho nitro benzene ring substituents is 1. The van der Waals surface area contributed by atoms with Gasteiger partial charge in [-0.25, -0.2) is 4.99 Å². The van der Waals surface area contributed by atoms with Gasteiger partial charge >= 0.3 is 5.97 Å². The minimum atomic E-state index is -1.22. The number of nitro benzene ring substituents is 1. The molecule has 2 aliphatic rings. The molecule has 1 N–H and O–H groups in total. The zero-order valence-corrected chi connectivity index (χ0v) is 18.2. The number of carbonyl (C=O) groups excluding carboxylic acids is 2. The van der Waals surface area contributed by atoms with Gasteiger partial charge in [-0.2, -0.15) is 0 Å². The molecule has 2 aromatic carbocycles. The molecule has 33 heavy (non-hydrogen) atoms. The SMILES string of the molecule is CCOC(=O)[C@H]1C(=O)NC(N2CCN(c3ccccc3)CC2)=N[C@@H]1c1cccc([N+](=O)[O-])c1. The first-order chi connectivity index (χ1) is 16.0. The summed E-state index contributed by atoms with van der Waals surface area (Å²) in [6.45, 7) is 4.49. The van der Waals surface area contributed by atoms with E-state index >= 15 is 0 Å². The lowest BCUT2D eigenvalue weighted by atomic mass is 9.91. The maximum Gasteiger partial charge on any atom is 0.321 e. The van der Waals surface area contributed by atoms with Gasteiger partial charge in [-0.1, -0.05) is 30.3 Å². The van der Waals surface area contributed by atoms with Crippen molar-refractivity contribution in [2.24, 2.45) is 10.9 Å². The van der Waals surface area contributed by atoms with Crippen LogP contribution in [0.2, 0.25) is 0 Å². The van der Waals surface area contributed by atoms with Gasteiger partial charge in [-0.3, -0.25) is 25.0 Å². The fraction of sp³-hybridized carbons (Fsp3) is 0.348. The fourth-order valence-electron chi connectivity index (χ4n) is 4.10. The number of piperazine rings is 1. The molecule has 2 heterocycles. The minimum absolute atomic E-state index is 0.113. The van der Waals surface area contributed by atoms with Crippen molar-refractivity contribution in [1.82, 2.24) is 10.2 Å². The molecule has 172 valence electrons. The second-order valence-corrected chi connectivity index (χ2v) is 7.78. The van der Waals surface area contributed by atoms with E-state index in [1.54, 1.807) is 13.0 Å². The number of anilines is 1. The number of rotatable bonds is 5. The summed E-state index contributed by atoms with van der Waals surface area (Å²) in [4.78, 5) is 45.2. The Kier molecular flexibility index (Phi) is 6.53. The molecule has 10 nitrogen and oxygen atoms in total. The zero-order valence-electron chi connectivity index (χ0n) is 18.2. The van der Waals surface area contributed by atoms with Crippen LogP contribution in [-0.2, 0) is 14.3 Å². The molecule has 0 saturated carbocycles. The second kappa shape index (κ2) is 9.68. The highest BCUT2D eigenvalue weighted by atomic mass is 16.6. The molecule has 0 aromatic heterocycles. The first kappa shape index (κ1) is 22.3. The van der Waals surface area contributed by atoms with Crippen LogP contribution >= 0.6 is 0 Å². The van der Waals surface area contributed by atoms with Crippen molar-refractivity contribution in [3.63, 3.8) is 0 Å². The van der Waals surface area contributed by atoms with Gasteiger partial charge in [0.05, 0.1) is 11.5 Å². The number of hydrogen-bond donors (Lipinski definition) is 1. The highest BCUT2D eigenvalue weighted by molar-refractivity contribution is 6.08. The normalized spacial score (nSPS) is 20.6. The second-order valence-electron chi connectivity index (χ2n) is 7.78. The van der Waals surface area contributed by atoms with E-state index in [1.165, 1.54) is 18.2 Å². The quantitative estimate of drug-likeness (QED) is 0.320. The highest BCUT2D eigenvalue weighted by Gasteiger charge is 2.42. The Hall–Kier alpha value is -3.95. The Morgan fingerprint density at radius 1 is 1.12 bits per heavy atom. The standard InChI is InChI=1S/C23H25N5O5/c1-2-33-22(30)19-20(16-7-6-10-18(15-16)28(31)32)24-23(25-21(19)29)27-13-11-26(12-14-27)17-8-4-3-5-9-17/h3-10,15,19-20H,2,11-14H2,1H3,(H,24,25,29)/t19-,20-/m1/s1. The topological polar surface area (TPSA) is 117 Å². The van der Waals surface area contributed by atoms with Crippen LogP contribution < -0.4 is 10.2 Å². The first-order valence-corrected chi connectivity index (χ1v) is 10.8. The van der Waals surface area contributed by atoms with E-state index in [9.17, 15) is 19.7 Å². The Labute approximate surface area is 191 Å². The summed E-state index contributed by atoms with van der Waals surface area (Å²) in [6, 6.07) is 15.0. The lowest BCUT2D eigenvalue weighted by Crippen LogP contribution is -2.57. The van der Waals surface area contributed by atoms with Crippen molar-refractivity contribution in [2.75, 3.05) is 37.7 Å². The largest absolute Gasteiger partial charge is 0.465 e. The van der Waals surface area contributed by atoms with Gasteiger partial charge in [0, 0.05) is 44.0 Å². The molecule has 1 saturated heterocycles. The highest BCUT2D eigenvalue weighted by Crippen LogP contribution is 2.32. The van der Waals surface area contributed by atoms with Gasteiger partial charge in [0.2, 0.25) is 11.9 Å². The summed E-state index contributed by atoms with van der Waals surface area (Å²) in [5.41, 5.74) is 1.41. The van der Waals surface area contributed by atoms with Crippen LogP contribution in [0.4, 0.5) is 11.4 Å². The van der Waals surface area contributed by atoms with Crippen molar-refractivity contribution in [3.05, 3.63) is 70.3 Å². The monoisotopic (exact) mass is 451 g/mol. The molecule has 4 rings (SSSR count). The number of esters is 1. The van der Waals surface area contributed by atoms with Gasteiger partial charge in [0.25, 0.3) is 5.69 Å². The lowest BCUT2D eigenvalue weighted by Gasteiger charge is -2.39. The van der Waals surface area contributed by atoms with E-state index in [0.29, 0.717) is 24.6 Å². The molecule has 2 aliphatic heterocycles. The van der Waals surface area contributed by atoms with Crippen molar-refractivity contribution >= 4 is 29.2 Å². The third kappa shape index (κ3) is 4.79. The Bertz CT molecular complexity index is 1070. The maximum absolute atomic E-state index is 13.0. The third-order valence-electron chi connectivity index (χ3n) is 5.76. The van der Waals surface area contributed by atoms with Crippen molar-refractivity contribution < 1.29 is 19.2 Å². The van der Waals surface area contributed by atoms with Crippen LogP contribution in [0.5, 0.6) is 0 Å². The van der Waals surface area contributed by atoms with Crippen molar-refractivity contribution in [2.45, 2.75) is 13.0 Å². The van der Waals surface area contributed by atoms with Crippen LogP contribution in [0, 0.1) is 16.0 Å². The van der Waals surface area contributed by atoms with Crippen LogP contribution in [-0.4, -0.2) is 60.4 Å². The van der Waals surface area contributed by atoms with Gasteiger partial charge in [-0.05, 0) is 24.6 Å². The molecule has 2 aromatic rings. The molecular formula is C23H25N5O5. The maximum atomic E-state index is 13.0. The molecule has 2 atom stereocenters. The summed E-state index contributed by atoms with van der Waals surface area (Å²) in [5.74, 6) is -2.09. The van der Waals surface area contributed by atoms with Crippen molar-refractivity contribution in [3.8, 4) is 0 Å². The first-order valence-electron chi connectivity index (χ1n) is 10.8. The average molecular weight is 451 g/mol. The average Bonchev–Trinajstić information content (AvgIpc) is 2.84. The number of hydrogen-bond acceptors (Lipinski definition) is 8. The zero-order chi connectivity index (χ0) is 23.4. The van der Waals surface area contributed by atoms with Gasteiger partial charge in [0.15, 0.2) is 5.92 Å². The Morgan fingerprint density at radius 2 is 1.82 bits per heavy atom. The molecule has 1 amide bonds. The van der Waals surface area contributed by atoms with Crippen molar-refractivity contribution in [1.29, 1.82) is 0 Å². The summed E-state index contributed by atoms with van der Waals surface area (Å²) in [6.07, 6.45) is 0. The number of carbonyl (C=O) groups is 2. The number of para-hydroxylation sites is 1. The number of aliphatic imine (C=N–C) groups is 1. The number of amides is 1. The molecule has 0 bridgehead atoms. The molecule has 10 heteroatoms. The third-order valence-corrected chi connectivity index (χ3v) is 5.76. The minimum Gasteiger partial charge on any atom is -0.465 e. The number of nitrogens with zero attached hydrogens (tertiary/aromatic N) is 4. The summed E-state index contributed by atoms with van der Waals surface area (Å²) < 4.78 is 5.10. The molecule has 1 fully saturated rings. The predicted octanol–water partition coefficient (Wildman–Crippen LogP) is 2.12. The Morgan fingerprint density at radius 3 is 2.48 bits per heavy atom. The number of nitro groups is 1. The van der Waals surface area contributed by atoms with E-state index in [1.807, 2.05) is 23.1 Å². The van der Waals surface area contributed by atoms with E-state index in [2.05, 4.69) is 27.3 Å². The summed E-state index contributed by atoms with van der Waals surface area (Å²) in [5, 5.41) is 14.0. The van der Waals surface area contributed by atoms with Gasteiger partial charge in [-0.15, -0.1) is 0 Å². The van der Waals surface area contributed by atoms with Crippen LogP contribution in [0.25, 0.3) is 0 Å². The number of ether oxygens (including phenoxy) is 1. The number of guanidine groups is 1. The fourth-order valence-corrected chi connectivity index (χ4v) is 4.10. The molecular weight excluding hydrogens is 426 g/mol. The van der Waals surface area contributed by atoms with E-state index in [4.69, 9.17) is 4.74 Å². The van der Waals surface area contributed by atoms with E-state index in [0.717, 1.165) is 18.8 Å². The number of benzene rings is 2. The molecule has 0 aliphatic carbocycles. The van der Waals surface area contributed by atoms with Crippen LogP contribution in [0.15, 0.2) is 59.6 Å². The Balaban J connectivity index is 1.60. The lowest BCUT2D eigenvalue weighted by molar-refractivity contribution is -0.384. The van der Waals surface area contributed by atoms with E-state index in [-0.39, 0.29) is 12.3 Å². The van der Waals surface area contributed by atoms with Gasteiger partial charge in [0.1, 0.15) is 6.04 Å². The molecule has 0 spiro atoms. The van der Waals surface area contributed by atoms with Crippen LogP contribution in [0.3, 0.4) is 0 Å². The summed E-state index contributed by atoms with van der Waals surface area (Å²) >= 11 is 0. The number of nitrogens with one attached hydrogen (secondary N) is 1. The van der Waals surface area contributed by atoms with E-state index < -0.39 is 28.8 Å². The van der Waals surface area contributed by atoms with Crippen LogP contribution in [0.1, 0.15) is 18.5 Å². The molecule has 0 unspecified atom stereocenters. The molecule has 0 radical (unpaired) electrons. The predicted molar refractivity (Wildman–Crippen MR) is 122 cm³/mol. The summed E-state index contributed by atoms with van der Waals surface area (Å²) in [7, 11) is 0. The smallest absolute Gasteiger partial charge is 0.321 e.